The molecule has 3 aromatic carbocycles. The maximum Gasteiger partial charge on any atom is 0.435 e. The van der Waals surface area contributed by atoms with Gasteiger partial charge in [0, 0.05) is 30.9 Å². The van der Waals surface area contributed by atoms with Crippen LogP contribution in [0, 0.1) is 13.0 Å². The van der Waals surface area contributed by atoms with Crippen molar-refractivity contribution in [1.82, 2.24) is 0 Å². The van der Waals surface area contributed by atoms with Gasteiger partial charge >= 0.3 is 18.0 Å². The molecule has 3 aromatic rings. The average molecular weight is 768 g/mol. The summed E-state index contributed by atoms with van der Waals surface area (Å²) in [4.78, 5) is 25.8. The molecule has 0 unspecified atom stereocenters. The van der Waals surface area contributed by atoms with Gasteiger partial charge in [0.1, 0.15) is 5.82 Å². The standard InChI is InChI=1S/C24H14F8I2N2O2/c1-36(19-16(33)9-11(10-17(19)34)22(26,23(27,28)29)24(30,31)32)21(38)15-8-4-7-13(18(15)25)12-5-2-3-6-14(12)20(35)37/h2-10H,1H3,(H2,35,37). The zero-order chi connectivity index (χ0) is 28.8. The van der Waals surface area contributed by atoms with Crippen molar-refractivity contribution < 1.29 is 44.7 Å². The fraction of sp³-hybridized carbons (Fsp3) is 0.167. The van der Waals surface area contributed by atoms with E-state index in [4.69, 9.17) is 5.73 Å². The molecule has 2 amide bonds. The predicted octanol–water partition coefficient (Wildman–Crippen LogP) is 7.37. The molecule has 4 nitrogen and oxygen atoms in total. The summed E-state index contributed by atoms with van der Waals surface area (Å²) in [6.45, 7) is 0. The summed E-state index contributed by atoms with van der Waals surface area (Å²) in [6.07, 6.45) is -12.6. The van der Waals surface area contributed by atoms with Gasteiger partial charge in [-0.05, 0) is 75.0 Å². The number of alkyl halides is 7. The van der Waals surface area contributed by atoms with Gasteiger partial charge in [-0.1, -0.05) is 30.3 Å². The molecule has 0 aliphatic rings. The molecule has 0 aliphatic carbocycles. The molecule has 0 atom stereocenters. The monoisotopic (exact) mass is 768 g/mol. The molecule has 0 aromatic heterocycles. The lowest BCUT2D eigenvalue weighted by molar-refractivity contribution is -0.348. The Labute approximate surface area is 237 Å². The van der Waals surface area contributed by atoms with Crippen molar-refractivity contribution in [2.75, 3.05) is 11.9 Å². The van der Waals surface area contributed by atoms with Gasteiger partial charge in [0.2, 0.25) is 5.91 Å². The number of primary amides is 1. The van der Waals surface area contributed by atoms with E-state index in [9.17, 15) is 40.3 Å². The Morgan fingerprint density at radius 1 is 0.789 bits per heavy atom. The molecule has 14 heteroatoms. The fourth-order valence-corrected chi connectivity index (χ4v) is 6.18. The van der Waals surface area contributed by atoms with Crippen molar-refractivity contribution in [2.24, 2.45) is 5.73 Å². The maximum atomic E-state index is 15.5. The summed E-state index contributed by atoms with van der Waals surface area (Å²) in [5.41, 5.74) is -2.77. The van der Waals surface area contributed by atoms with E-state index in [1.807, 2.05) is 0 Å². The first-order chi connectivity index (χ1) is 17.4. The number of hydrogen-bond donors (Lipinski definition) is 1. The predicted molar refractivity (Wildman–Crippen MR) is 140 cm³/mol. The minimum atomic E-state index is -6.31. The van der Waals surface area contributed by atoms with Crippen molar-refractivity contribution >= 4 is 62.7 Å². The third-order valence-electron chi connectivity index (χ3n) is 5.55. The fourth-order valence-electron chi connectivity index (χ4n) is 3.69. The number of nitrogens with zero attached hydrogens (tertiary/aromatic N) is 1. The van der Waals surface area contributed by atoms with Crippen molar-refractivity contribution in [2.45, 2.75) is 18.0 Å². The number of carbonyl (C=O) groups is 2. The molecule has 0 saturated carbocycles. The number of anilines is 1. The molecule has 0 heterocycles. The molecule has 0 saturated heterocycles. The molecule has 0 aliphatic heterocycles. The topological polar surface area (TPSA) is 63.4 Å². The van der Waals surface area contributed by atoms with Gasteiger partial charge in [-0.2, -0.15) is 26.3 Å². The molecular weight excluding hydrogens is 754 g/mol. The van der Waals surface area contributed by atoms with Crippen LogP contribution in [0.15, 0.2) is 54.6 Å². The lowest BCUT2D eigenvalue weighted by Crippen LogP contribution is -2.50. The van der Waals surface area contributed by atoms with Crippen molar-refractivity contribution in [3.63, 3.8) is 0 Å². The molecule has 202 valence electrons. The highest BCUT2D eigenvalue weighted by Crippen LogP contribution is 2.54. The van der Waals surface area contributed by atoms with Crippen LogP contribution < -0.4 is 10.6 Å². The van der Waals surface area contributed by atoms with E-state index in [0.717, 1.165) is 18.0 Å². The van der Waals surface area contributed by atoms with Crippen LogP contribution in [0.3, 0.4) is 0 Å². The van der Waals surface area contributed by atoms with Crippen LogP contribution >= 0.6 is 45.2 Å². The van der Waals surface area contributed by atoms with Crippen molar-refractivity contribution in [1.29, 1.82) is 0 Å². The van der Waals surface area contributed by atoms with E-state index >= 15 is 4.39 Å². The lowest BCUT2D eigenvalue weighted by atomic mass is 9.94. The van der Waals surface area contributed by atoms with E-state index < -0.39 is 46.8 Å². The van der Waals surface area contributed by atoms with Gasteiger partial charge in [0.25, 0.3) is 5.91 Å². The second kappa shape index (κ2) is 10.6. The van der Waals surface area contributed by atoms with E-state index in [1.54, 1.807) is 0 Å². The number of hydrogen-bond acceptors (Lipinski definition) is 2. The summed E-state index contributed by atoms with van der Waals surface area (Å²) in [5, 5.41) is 0. The highest BCUT2D eigenvalue weighted by Gasteiger charge is 2.73. The van der Waals surface area contributed by atoms with Gasteiger partial charge < -0.3 is 10.6 Å². The number of nitrogens with two attached hydrogens (primary N) is 1. The third-order valence-corrected chi connectivity index (χ3v) is 7.19. The van der Waals surface area contributed by atoms with Crippen LogP contribution in [0.4, 0.5) is 40.8 Å². The first-order valence-corrected chi connectivity index (χ1v) is 12.4. The molecule has 0 fully saturated rings. The van der Waals surface area contributed by atoms with Crippen LogP contribution in [-0.2, 0) is 5.67 Å². The van der Waals surface area contributed by atoms with E-state index in [-0.39, 0.29) is 29.5 Å². The highest BCUT2D eigenvalue weighted by atomic mass is 127. The highest BCUT2D eigenvalue weighted by molar-refractivity contribution is 14.1. The molecule has 38 heavy (non-hydrogen) atoms. The lowest BCUT2D eigenvalue weighted by Gasteiger charge is -2.31. The Bertz CT molecular complexity index is 1390. The number of benzene rings is 3. The van der Waals surface area contributed by atoms with Crippen molar-refractivity contribution in [3.8, 4) is 11.1 Å². The quantitative estimate of drug-likeness (QED) is 0.218. The minimum absolute atomic E-state index is 0.0203. The Morgan fingerprint density at radius 3 is 1.76 bits per heavy atom. The Balaban J connectivity index is 2.10. The largest absolute Gasteiger partial charge is 0.435 e. The van der Waals surface area contributed by atoms with Crippen molar-refractivity contribution in [3.05, 3.63) is 84.2 Å². The molecule has 3 rings (SSSR count). The molecule has 0 bridgehead atoms. The summed E-state index contributed by atoms with van der Waals surface area (Å²) in [6, 6.07) is 10.2. The number of rotatable bonds is 5. The molecule has 0 radical (unpaired) electrons. The van der Waals surface area contributed by atoms with E-state index in [2.05, 4.69) is 0 Å². The van der Waals surface area contributed by atoms with Crippen LogP contribution in [-0.4, -0.2) is 31.2 Å². The normalized spacial score (nSPS) is 12.4. The summed E-state index contributed by atoms with van der Waals surface area (Å²) in [5.74, 6) is -2.90. The second-order valence-corrected chi connectivity index (χ2v) is 10.2. The third kappa shape index (κ3) is 5.20. The number of amides is 2. The summed E-state index contributed by atoms with van der Waals surface area (Å²) >= 11 is 2.73. The summed E-state index contributed by atoms with van der Waals surface area (Å²) in [7, 11) is 1.13. The zero-order valence-electron chi connectivity index (χ0n) is 18.8. The average Bonchev–Trinajstić information content (AvgIpc) is 2.81. The van der Waals surface area contributed by atoms with E-state index in [0.29, 0.717) is 12.1 Å². The smallest absolute Gasteiger partial charge is 0.366 e. The molecular formula is C24H14F8I2N2O2. The Kier molecular flexibility index (Phi) is 8.36. The number of carbonyl (C=O) groups excluding carboxylic acids is 2. The maximum absolute atomic E-state index is 15.5. The first kappa shape index (κ1) is 30.0. The van der Waals surface area contributed by atoms with Crippen LogP contribution in [0.1, 0.15) is 26.3 Å². The SMILES string of the molecule is CN(C(=O)c1cccc(-c2ccccc2C(N)=O)c1F)c1c(I)cc(C(F)(C(F)(F)F)C(F)(F)F)cc1I. The zero-order valence-corrected chi connectivity index (χ0v) is 23.1. The molecule has 0 spiro atoms. The second-order valence-electron chi connectivity index (χ2n) is 7.88. The summed E-state index contributed by atoms with van der Waals surface area (Å²) < 4.78 is 109. The Hall–Kier alpha value is -2.50. The molecule has 2 N–H and O–H groups in total. The first-order valence-electron chi connectivity index (χ1n) is 10.2. The van der Waals surface area contributed by atoms with Gasteiger partial charge in [-0.3, -0.25) is 9.59 Å². The van der Waals surface area contributed by atoms with E-state index in [1.165, 1.54) is 81.6 Å². The van der Waals surface area contributed by atoms with Gasteiger partial charge in [0.15, 0.2) is 0 Å². The van der Waals surface area contributed by atoms with Crippen LogP contribution in [0.25, 0.3) is 11.1 Å². The van der Waals surface area contributed by atoms with Gasteiger partial charge in [0.05, 0.1) is 11.3 Å². The van der Waals surface area contributed by atoms with Gasteiger partial charge in [-0.15, -0.1) is 0 Å². The minimum Gasteiger partial charge on any atom is -0.366 e. The van der Waals surface area contributed by atoms with Crippen LogP contribution in [0.2, 0.25) is 0 Å². The van der Waals surface area contributed by atoms with Gasteiger partial charge in [-0.25, -0.2) is 8.78 Å². The number of halogens is 10. The van der Waals surface area contributed by atoms with Crippen LogP contribution in [0.5, 0.6) is 0 Å². The Morgan fingerprint density at radius 2 is 1.26 bits per heavy atom.